The normalized spacial score (nSPS) is 13.0. The van der Waals surface area contributed by atoms with Crippen LogP contribution in [0.1, 0.15) is 26.3 Å². The van der Waals surface area contributed by atoms with Crippen LogP contribution >= 0.6 is 0 Å². The van der Waals surface area contributed by atoms with Crippen LogP contribution in [-0.2, 0) is 4.79 Å². The van der Waals surface area contributed by atoms with Gasteiger partial charge in [0, 0.05) is 18.9 Å². The molecule has 0 aliphatic heterocycles. The topological polar surface area (TPSA) is 81.0 Å². The van der Waals surface area contributed by atoms with E-state index in [4.69, 9.17) is 5.11 Å². The summed E-state index contributed by atoms with van der Waals surface area (Å²) in [6.07, 6.45) is 8.10. The summed E-state index contributed by atoms with van der Waals surface area (Å²) < 4.78 is 0. The Kier molecular flexibility index (Phi) is 8.32. The molecule has 1 aromatic carbocycles. The van der Waals surface area contributed by atoms with Gasteiger partial charge in [0.15, 0.2) is 0 Å². The molecule has 1 rings (SSSR count). The van der Waals surface area contributed by atoms with Crippen molar-refractivity contribution in [1.29, 1.82) is 0 Å². The Morgan fingerprint density at radius 3 is 2.31 bits per heavy atom. The SMILES string of the molecule is C/C=C\C(CN(/C=C(\C)O)/C=C(\C#CO)C(=O)O)=C(/C)c1ccccc1. The van der Waals surface area contributed by atoms with Gasteiger partial charge < -0.3 is 20.2 Å². The van der Waals surface area contributed by atoms with Gasteiger partial charge in [-0.2, -0.15) is 0 Å². The number of aliphatic hydroxyl groups excluding tert-OH is 2. The third kappa shape index (κ3) is 6.62. The van der Waals surface area contributed by atoms with E-state index in [1.165, 1.54) is 24.2 Å². The van der Waals surface area contributed by atoms with Crippen molar-refractivity contribution in [3.05, 3.63) is 77.4 Å². The lowest BCUT2D eigenvalue weighted by Crippen LogP contribution is -2.17. The van der Waals surface area contributed by atoms with Crippen LogP contribution in [0.5, 0.6) is 0 Å². The van der Waals surface area contributed by atoms with Gasteiger partial charge in [0.2, 0.25) is 0 Å². The van der Waals surface area contributed by atoms with Crippen molar-refractivity contribution in [3.8, 4) is 12.0 Å². The van der Waals surface area contributed by atoms with Crippen LogP contribution in [0.2, 0.25) is 0 Å². The number of hydrogen-bond donors (Lipinski definition) is 3. The van der Waals surface area contributed by atoms with E-state index in [-0.39, 0.29) is 11.3 Å². The molecule has 0 unspecified atom stereocenters. The van der Waals surface area contributed by atoms with Crippen LogP contribution in [0.25, 0.3) is 5.57 Å². The number of allylic oxidation sites excluding steroid dienone is 3. The highest BCUT2D eigenvalue weighted by molar-refractivity contribution is 5.91. The van der Waals surface area contributed by atoms with Gasteiger partial charge in [-0.25, -0.2) is 4.79 Å². The molecule has 136 valence electrons. The maximum absolute atomic E-state index is 11.3. The molecular weight excluding hydrogens is 330 g/mol. The van der Waals surface area contributed by atoms with Crippen LogP contribution in [0.3, 0.4) is 0 Å². The number of aliphatic hydroxyl groups is 2. The fourth-order valence-electron chi connectivity index (χ4n) is 2.30. The fraction of sp³-hybridized carbons (Fsp3) is 0.190. The first-order valence-electron chi connectivity index (χ1n) is 8.00. The molecule has 3 N–H and O–H groups in total. The van der Waals surface area contributed by atoms with Crippen LogP contribution in [0.4, 0.5) is 0 Å². The summed E-state index contributed by atoms with van der Waals surface area (Å²) in [6, 6.07) is 9.81. The number of hydrogen-bond acceptors (Lipinski definition) is 4. The monoisotopic (exact) mass is 353 g/mol. The molecule has 5 heteroatoms. The number of carbonyl (C=O) groups is 1. The van der Waals surface area contributed by atoms with E-state index in [1.807, 2.05) is 56.3 Å². The Labute approximate surface area is 153 Å². The zero-order chi connectivity index (χ0) is 19.5. The quantitative estimate of drug-likeness (QED) is 0.298. The molecule has 5 nitrogen and oxygen atoms in total. The highest BCUT2D eigenvalue weighted by Crippen LogP contribution is 2.20. The molecular formula is C21H23NO4. The second kappa shape index (κ2) is 10.5. The molecule has 0 saturated carbocycles. The predicted octanol–water partition coefficient (Wildman–Crippen LogP) is 4.06. The van der Waals surface area contributed by atoms with Crippen LogP contribution < -0.4 is 0 Å². The predicted molar refractivity (Wildman–Crippen MR) is 102 cm³/mol. The molecule has 1 aromatic rings. The van der Waals surface area contributed by atoms with Gasteiger partial charge in [-0.1, -0.05) is 42.5 Å². The molecule has 0 heterocycles. The van der Waals surface area contributed by atoms with E-state index in [9.17, 15) is 15.0 Å². The summed E-state index contributed by atoms with van der Waals surface area (Å²) in [7, 11) is 0. The first-order chi connectivity index (χ1) is 12.4. The van der Waals surface area contributed by atoms with Crippen molar-refractivity contribution in [3.63, 3.8) is 0 Å². The molecule has 0 fully saturated rings. The Hall–Kier alpha value is -3.39. The van der Waals surface area contributed by atoms with Gasteiger partial charge in [0.05, 0.1) is 0 Å². The van der Waals surface area contributed by atoms with E-state index < -0.39 is 5.97 Å². The zero-order valence-electron chi connectivity index (χ0n) is 15.1. The van der Waals surface area contributed by atoms with Crippen molar-refractivity contribution < 1.29 is 20.1 Å². The smallest absolute Gasteiger partial charge is 0.345 e. The summed E-state index contributed by atoms with van der Waals surface area (Å²) in [5.41, 5.74) is 2.72. The minimum atomic E-state index is -1.27. The summed E-state index contributed by atoms with van der Waals surface area (Å²) in [5.74, 6) is 0.880. The fourth-order valence-corrected chi connectivity index (χ4v) is 2.30. The van der Waals surface area contributed by atoms with E-state index in [0.717, 1.165) is 16.7 Å². The second-order valence-corrected chi connectivity index (χ2v) is 5.54. The average Bonchev–Trinajstić information content (AvgIpc) is 2.60. The summed E-state index contributed by atoms with van der Waals surface area (Å²) >= 11 is 0. The second-order valence-electron chi connectivity index (χ2n) is 5.54. The molecule has 0 aliphatic carbocycles. The van der Waals surface area contributed by atoms with Crippen molar-refractivity contribution in [1.82, 2.24) is 4.90 Å². The van der Waals surface area contributed by atoms with Crippen molar-refractivity contribution in [2.75, 3.05) is 6.54 Å². The molecule has 0 bridgehead atoms. The highest BCUT2D eigenvalue weighted by Gasteiger charge is 2.10. The maximum Gasteiger partial charge on any atom is 0.345 e. The molecule has 0 spiro atoms. The molecule has 0 saturated heterocycles. The first kappa shape index (κ1) is 20.7. The molecule has 0 aromatic heterocycles. The van der Waals surface area contributed by atoms with Gasteiger partial charge in [0.25, 0.3) is 0 Å². The Morgan fingerprint density at radius 1 is 1.15 bits per heavy atom. The lowest BCUT2D eigenvalue weighted by Gasteiger charge is -2.19. The highest BCUT2D eigenvalue weighted by atomic mass is 16.4. The van der Waals surface area contributed by atoms with Crippen LogP contribution in [-0.4, -0.2) is 32.7 Å². The first-order valence-corrected chi connectivity index (χ1v) is 8.00. The maximum atomic E-state index is 11.3. The Morgan fingerprint density at radius 2 is 1.81 bits per heavy atom. The number of aliphatic carboxylic acids is 1. The van der Waals surface area contributed by atoms with Crippen LogP contribution in [0, 0.1) is 12.0 Å². The molecule has 0 aliphatic rings. The number of carboxylic acid groups (broad SMARTS) is 1. The van der Waals surface area contributed by atoms with Crippen molar-refractivity contribution in [2.24, 2.45) is 0 Å². The van der Waals surface area contributed by atoms with Gasteiger partial charge >= 0.3 is 5.97 Å². The third-order valence-corrected chi connectivity index (χ3v) is 3.48. The van der Waals surface area contributed by atoms with E-state index in [2.05, 4.69) is 5.92 Å². The minimum Gasteiger partial charge on any atom is -0.511 e. The summed E-state index contributed by atoms with van der Waals surface area (Å²) in [6.45, 7) is 5.67. The van der Waals surface area contributed by atoms with E-state index in [0.29, 0.717) is 6.54 Å². The van der Waals surface area contributed by atoms with Crippen molar-refractivity contribution in [2.45, 2.75) is 20.8 Å². The van der Waals surface area contributed by atoms with Crippen LogP contribution in [0.15, 0.2) is 71.8 Å². The third-order valence-electron chi connectivity index (χ3n) is 3.48. The molecule has 0 radical (unpaired) electrons. The van der Waals surface area contributed by atoms with Crippen molar-refractivity contribution >= 4 is 11.5 Å². The number of benzene rings is 1. The van der Waals surface area contributed by atoms with Gasteiger partial charge in [-0.3, -0.25) is 0 Å². The van der Waals surface area contributed by atoms with E-state index in [1.54, 1.807) is 6.11 Å². The minimum absolute atomic E-state index is 0.0140. The molecule has 0 atom stereocenters. The lowest BCUT2D eigenvalue weighted by atomic mass is 10.0. The van der Waals surface area contributed by atoms with Gasteiger partial charge in [-0.15, -0.1) is 0 Å². The largest absolute Gasteiger partial charge is 0.511 e. The van der Waals surface area contributed by atoms with Gasteiger partial charge in [-0.05, 0) is 43.4 Å². The zero-order valence-corrected chi connectivity index (χ0v) is 15.1. The molecule has 26 heavy (non-hydrogen) atoms. The summed E-state index contributed by atoms with van der Waals surface area (Å²) in [5, 5.41) is 27.5. The van der Waals surface area contributed by atoms with E-state index >= 15 is 0 Å². The number of carboxylic acids is 1. The Bertz CT molecular complexity index is 801. The summed E-state index contributed by atoms with van der Waals surface area (Å²) in [4.78, 5) is 12.8. The average molecular weight is 353 g/mol. The number of nitrogens with zero attached hydrogens (tertiary/aromatic N) is 1. The standard InChI is InChI=1S/C21H23NO4/c1-4-8-19(17(3)18-9-6-5-7-10-18)14-22(13-16(2)24)15-20(11-12-23)21(25)26/h4-10,13,15,23-24H,14H2,1-3H3,(H,25,26)/b8-4-,16-13+,19-17-,20-15+. The Balaban J connectivity index is 3.37. The molecule has 0 amide bonds. The van der Waals surface area contributed by atoms with Gasteiger partial charge in [0.1, 0.15) is 17.4 Å². The number of rotatable bonds is 7. The lowest BCUT2D eigenvalue weighted by molar-refractivity contribution is -0.132.